The number of benzene rings is 1. The maximum absolute atomic E-state index is 12.5. The summed E-state index contributed by atoms with van der Waals surface area (Å²) in [7, 11) is 0. The van der Waals surface area contributed by atoms with Crippen LogP contribution in [0.3, 0.4) is 0 Å². The Morgan fingerprint density at radius 2 is 1.74 bits per heavy atom. The van der Waals surface area contributed by atoms with Crippen LogP contribution in [0.5, 0.6) is 5.75 Å². The van der Waals surface area contributed by atoms with Gasteiger partial charge in [-0.2, -0.15) is 0 Å². The Balaban J connectivity index is 2.84. The van der Waals surface area contributed by atoms with Crippen molar-refractivity contribution in [2.45, 2.75) is 46.5 Å². The van der Waals surface area contributed by atoms with Gasteiger partial charge in [0.1, 0.15) is 5.75 Å². The van der Waals surface area contributed by atoms with Gasteiger partial charge in [-0.05, 0) is 43.5 Å². The summed E-state index contributed by atoms with van der Waals surface area (Å²) in [5, 5.41) is 9.42. The normalized spacial score (nSPS) is 10.5. The molecule has 0 spiro atoms. The lowest BCUT2D eigenvalue weighted by atomic mass is 10.1. The molecule has 19 heavy (non-hydrogen) atoms. The van der Waals surface area contributed by atoms with Crippen molar-refractivity contribution in [2.75, 3.05) is 13.1 Å². The van der Waals surface area contributed by atoms with Gasteiger partial charge in [0, 0.05) is 18.7 Å². The van der Waals surface area contributed by atoms with E-state index in [2.05, 4.69) is 13.8 Å². The number of rotatable bonds is 7. The van der Waals surface area contributed by atoms with E-state index in [0.29, 0.717) is 5.56 Å². The van der Waals surface area contributed by atoms with Crippen LogP contribution in [0.15, 0.2) is 18.2 Å². The number of carbonyl (C=O) groups is 1. The monoisotopic (exact) mass is 263 g/mol. The molecule has 0 radical (unpaired) electrons. The summed E-state index contributed by atoms with van der Waals surface area (Å²) in [4.78, 5) is 14.5. The van der Waals surface area contributed by atoms with Crippen molar-refractivity contribution in [3.05, 3.63) is 29.3 Å². The number of aromatic hydroxyl groups is 1. The molecular weight excluding hydrogens is 238 g/mol. The highest BCUT2D eigenvalue weighted by atomic mass is 16.3. The summed E-state index contributed by atoms with van der Waals surface area (Å²) in [5.74, 6) is 0.294. The van der Waals surface area contributed by atoms with Crippen LogP contribution >= 0.6 is 0 Å². The highest BCUT2D eigenvalue weighted by molar-refractivity contribution is 5.95. The topological polar surface area (TPSA) is 40.5 Å². The van der Waals surface area contributed by atoms with E-state index < -0.39 is 0 Å². The number of hydrogen-bond donors (Lipinski definition) is 1. The van der Waals surface area contributed by atoms with E-state index in [0.717, 1.165) is 44.3 Å². The quantitative estimate of drug-likeness (QED) is 0.814. The van der Waals surface area contributed by atoms with Crippen LogP contribution in [0.2, 0.25) is 0 Å². The second-order valence-corrected chi connectivity index (χ2v) is 5.00. The second-order valence-electron chi connectivity index (χ2n) is 5.00. The highest BCUT2D eigenvalue weighted by Gasteiger charge is 2.16. The minimum absolute atomic E-state index is 0.0828. The summed E-state index contributed by atoms with van der Waals surface area (Å²) in [6.07, 6.45) is 4.24. The largest absolute Gasteiger partial charge is 0.508 e. The molecule has 0 unspecified atom stereocenters. The van der Waals surface area contributed by atoms with E-state index >= 15 is 0 Å². The molecule has 1 N–H and O–H groups in total. The standard InChI is InChI=1S/C16H25NO2/c1-4-6-10-17(11-7-5-2)16(19)15-9-8-14(18)12-13(15)3/h8-9,12,18H,4-7,10-11H2,1-3H3. The van der Waals surface area contributed by atoms with Gasteiger partial charge in [-0.3, -0.25) is 4.79 Å². The third-order valence-electron chi connectivity index (χ3n) is 3.29. The van der Waals surface area contributed by atoms with Crippen molar-refractivity contribution < 1.29 is 9.90 Å². The van der Waals surface area contributed by atoms with Crippen LogP contribution in [0, 0.1) is 6.92 Å². The van der Waals surface area contributed by atoms with Crippen molar-refractivity contribution in [1.29, 1.82) is 0 Å². The number of hydrogen-bond acceptors (Lipinski definition) is 2. The number of unbranched alkanes of at least 4 members (excludes halogenated alkanes) is 2. The molecule has 0 aliphatic rings. The molecule has 106 valence electrons. The molecule has 0 heterocycles. The Bertz CT molecular complexity index is 407. The lowest BCUT2D eigenvalue weighted by molar-refractivity contribution is 0.0750. The fourth-order valence-corrected chi connectivity index (χ4v) is 2.07. The smallest absolute Gasteiger partial charge is 0.254 e. The van der Waals surface area contributed by atoms with E-state index in [1.165, 1.54) is 0 Å². The second kappa shape index (κ2) is 7.82. The predicted molar refractivity (Wildman–Crippen MR) is 78.6 cm³/mol. The van der Waals surface area contributed by atoms with E-state index in [9.17, 15) is 9.90 Å². The van der Waals surface area contributed by atoms with Crippen molar-refractivity contribution >= 4 is 5.91 Å². The molecule has 0 saturated carbocycles. The Morgan fingerprint density at radius 3 is 2.21 bits per heavy atom. The van der Waals surface area contributed by atoms with Gasteiger partial charge < -0.3 is 10.0 Å². The predicted octanol–water partition coefficient (Wildman–Crippen LogP) is 3.74. The van der Waals surface area contributed by atoms with Crippen LogP contribution in [-0.4, -0.2) is 29.0 Å². The molecule has 1 aromatic carbocycles. The number of phenolic OH excluding ortho intramolecular Hbond substituents is 1. The first-order valence-electron chi connectivity index (χ1n) is 7.19. The number of amides is 1. The van der Waals surface area contributed by atoms with Crippen molar-refractivity contribution in [2.24, 2.45) is 0 Å². The first kappa shape index (κ1) is 15.5. The molecule has 0 bridgehead atoms. The van der Waals surface area contributed by atoms with Crippen molar-refractivity contribution in [1.82, 2.24) is 4.90 Å². The average Bonchev–Trinajstić information content (AvgIpc) is 2.38. The summed E-state index contributed by atoms with van der Waals surface area (Å²) in [6, 6.07) is 4.95. The fourth-order valence-electron chi connectivity index (χ4n) is 2.07. The molecule has 1 aromatic rings. The zero-order valence-electron chi connectivity index (χ0n) is 12.3. The average molecular weight is 263 g/mol. The Kier molecular flexibility index (Phi) is 6.40. The van der Waals surface area contributed by atoms with Gasteiger partial charge in [0.05, 0.1) is 0 Å². The molecule has 0 saturated heterocycles. The maximum atomic E-state index is 12.5. The zero-order chi connectivity index (χ0) is 14.3. The molecule has 3 heteroatoms. The number of nitrogens with zero attached hydrogens (tertiary/aromatic N) is 1. The van der Waals surface area contributed by atoms with Crippen LogP contribution in [0.25, 0.3) is 0 Å². The Labute approximate surface area is 116 Å². The van der Waals surface area contributed by atoms with Crippen LogP contribution in [-0.2, 0) is 0 Å². The van der Waals surface area contributed by atoms with Crippen LogP contribution in [0.1, 0.15) is 55.5 Å². The molecular formula is C16H25NO2. The first-order valence-corrected chi connectivity index (χ1v) is 7.19. The summed E-state index contributed by atoms with van der Waals surface area (Å²) in [6.45, 7) is 7.76. The highest BCUT2D eigenvalue weighted by Crippen LogP contribution is 2.18. The molecule has 0 aromatic heterocycles. The number of aryl methyl sites for hydroxylation is 1. The lowest BCUT2D eigenvalue weighted by Gasteiger charge is -2.23. The van der Waals surface area contributed by atoms with Crippen molar-refractivity contribution in [3.8, 4) is 5.75 Å². The number of carbonyl (C=O) groups excluding carboxylic acids is 1. The summed E-state index contributed by atoms with van der Waals surface area (Å²) < 4.78 is 0. The van der Waals surface area contributed by atoms with Gasteiger partial charge in [-0.1, -0.05) is 26.7 Å². The van der Waals surface area contributed by atoms with E-state index in [-0.39, 0.29) is 11.7 Å². The minimum atomic E-state index is 0.0828. The van der Waals surface area contributed by atoms with Gasteiger partial charge in [-0.25, -0.2) is 0 Å². The molecule has 1 rings (SSSR count). The van der Waals surface area contributed by atoms with Gasteiger partial charge in [0.25, 0.3) is 5.91 Å². The Hall–Kier alpha value is -1.51. The molecule has 0 fully saturated rings. The van der Waals surface area contributed by atoms with Crippen molar-refractivity contribution in [3.63, 3.8) is 0 Å². The molecule has 0 aliphatic carbocycles. The van der Waals surface area contributed by atoms with Gasteiger partial charge in [0.2, 0.25) is 0 Å². The summed E-state index contributed by atoms with van der Waals surface area (Å²) in [5.41, 5.74) is 1.54. The first-order chi connectivity index (χ1) is 9.10. The molecule has 3 nitrogen and oxygen atoms in total. The maximum Gasteiger partial charge on any atom is 0.254 e. The third-order valence-corrected chi connectivity index (χ3v) is 3.29. The van der Waals surface area contributed by atoms with Crippen LogP contribution < -0.4 is 0 Å². The van der Waals surface area contributed by atoms with Crippen LogP contribution in [0.4, 0.5) is 0 Å². The molecule has 0 aliphatic heterocycles. The van der Waals surface area contributed by atoms with Gasteiger partial charge >= 0.3 is 0 Å². The third kappa shape index (κ3) is 4.58. The number of phenols is 1. The lowest BCUT2D eigenvalue weighted by Crippen LogP contribution is -2.33. The zero-order valence-corrected chi connectivity index (χ0v) is 12.3. The van der Waals surface area contributed by atoms with E-state index in [1.54, 1.807) is 18.2 Å². The SMILES string of the molecule is CCCCN(CCCC)C(=O)c1ccc(O)cc1C. The Morgan fingerprint density at radius 1 is 1.16 bits per heavy atom. The summed E-state index contributed by atoms with van der Waals surface area (Å²) >= 11 is 0. The molecule has 0 atom stereocenters. The van der Waals surface area contributed by atoms with E-state index in [4.69, 9.17) is 0 Å². The fraction of sp³-hybridized carbons (Fsp3) is 0.562. The van der Waals surface area contributed by atoms with Gasteiger partial charge in [0.15, 0.2) is 0 Å². The van der Waals surface area contributed by atoms with E-state index in [1.807, 2.05) is 11.8 Å². The minimum Gasteiger partial charge on any atom is -0.508 e. The molecule has 1 amide bonds. The van der Waals surface area contributed by atoms with Gasteiger partial charge in [-0.15, -0.1) is 0 Å².